The number of H-pyrrole nitrogens is 1. The Hall–Kier alpha value is -2.03. The molecule has 2 aromatic rings. The summed E-state index contributed by atoms with van der Waals surface area (Å²) in [6.07, 6.45) is 6.06. The van der Waals surface area contributed by atoms with Gasteiger partial charge in [0.2, 0.25) is 0 Å². The number of aromatic nitrogens is 2. The molecular formula is C12H13N3. The van der Waals surface area contributed by atoms with E-state index in [9.17, 15) is 0 Å². The van der Waals surface area contributed by atoms with Gasteiger partial charge in [0.15, 0.2) is 0 Å². The van der Waals surface area contributed by atoms with Gasteiger partial charge in [0.05, 0.1) is 0 Å². The molecule has 0 amide bonds. The first-order valence-corrected chi connectivity index (χ1v) is 4.86. The lowest BCUT2D eigenvalue weighted by molar-refractivity contribution is 1.15. The largest absolute Gasteiger partial charge is 0.405 e. The van der Waals surface area contributed by atoms with Crippen LogP contribution in [0.3, 0.4) is 0 Å². The molecule has 0 spiro atoms. The minimum atomic E-state index is 0.788. The fourth-order valence-corrected chi connectivity index (χ4v) is 1.40. The number of imidazole rings is 1. The van der Waals surface area contributed by atoms with Crippen LogP contribution in [0.1, 0.15) is 5.69 Å². The number of benzene rings is 1. The van der Waals surface area contributed by atoms with Gasteiger partial charge in [-0.15, -0.1) is 0 Å². The summed E-state index contributed by atoms with van der Waals surface area (Å²) in [5.74, 6) is 0.899. The monoisotopic (exact) mass is 199 g/mol. The first-order valence-electron chi connectivity index (χ1n) is 4.86. The summed E-state index contributed by atoms with van der Waals surface area (Å²) >= 11 is 0. The van der Waals surface area contributed by atoms with Crippen molar-refractivity contribution in [3.8, 4) is 11.4 Å². The second kappa shape index (κ2) is 4.46. The minimum absolute atomic E-state index is 0.788. The molecule has 2 rings (SSSR count). The Kier molecular flexibility index (Phi) is 2.83. The van der Waals surface area contributed by atoms with Gasteiger partial charge < -0.3 is 10.7 Å². The molecule has 0 aliphatic heterocycles. The molecule has 0 aliphatic rings. The van der Waals surface area contributed by atoms with Gasteiger partial charge in [-0.1, -0.05) is 36.4 Å². The Balaban J connectivity index is 2.20. The van der Waals surface area contributed by atoms with E-state index in [1.807, 2.05) is 42.6 Å². The van der Waals surface area contributed by atoms with E-state index in [-0.39, 0.29) is 0 Å². The molecule has 0 saturated carbocycles. The molecule has 3 nitrogen and oxygen atoms in total. The van der Waals surface area contributed by atoms with Crippen LogP contribution in [0.15, 0.2) is 48.8 Å². The number of hydrogen-bond donors (Lipinski definition) is 2. The molecule has 76 valence electrons. The summed E-state index contributed by atoms with van der Waals surface area (Å²) in [5.41, 5.74) is 7.44. The zero-order chi connectivity index (χ0) is 10.5. The van der Waals surface area contributed by atoms with Crippen LogP contribution >= 0.6 is 0 Å². The van der Waals surface area contributed by atoms with Gasteiger partial charge in [0.25, 0.3) is 0 Å². The zero-order valence-corrected chi connectivity index (χ0v) is 8.35. The van der Waals surface area contributed by atoms with Crippen LogP contribution in [-0.4, -0.2) is 9.97 Å². The molecule has 1 aromatic heterocycles. The fourth-order valence-electron chi connectivity index (χ4n) is 1.40. The Morgan fingerprint density at radius 1 is 1.27 bits per heavy atom. The standard InChI is InChI=1S/C12H13N3/c13-8-4-7-11-9-14-12(15-11)10-5-2-1-3-6-10/h1-6,8-9H,7,13H2,(H,14,15). The predicted molar refractivity (Wildman–Crippen MR) is 61.1 cm³/mol. The Labute approximate surface area is 88.7 Å². The van der Waals surface area contributed by atoms with E-state index in [4.69, 9.17) is 5.73 Å². The number of hydrogen-bond acceptors (Lipinski definition) is 2. The van der Waals surface area contributed by atoms with Crippen molar-refractivity contribution in [2.24, 2.45) is 5.73 Å². The smallest absolute Gasteiger partial charge is 0.137 e. The van der Waals surface area contributed by atoms with E-state index in [1.54, 1.807) is 6.20 Å². The first kappa shape index (κ1) is 9.52. The number of rotatable bonds is 3. The molecule has 3 N–H and O–H groups in total. The second-order valence-electron chi connectivity index (χ2n) is 3.26. The molecule has 0 atom stereocenters. The van der Waals surface area contributed by atoms with Crippen molar-refractivity contribution in [3.05, 3.63) is 54.5 Å². The third-order valence-corrected chi connectivity index (χ3v) is 2.15. The number of nitrogens with zero attached hydrogens (tertiary/aromatic N) is 1. The summed E-state index contributed by atoms with van der Waals surface area (Å²) in [5, 5.41) is 0. The summed E-state index contributed by atoms with van der Waals surface area (Å²) in [6.45, 7) is 0. The van der Waals surface area contributed by atoms with Crippen LogP contribution in [0.2, 0.25) is 0 Å². The van der Waals surface area contributed by atoms with Crippen LogP contribution in [0.25, 0.3) is 11.4 Å². The first-order chi connectivity index (χ1) is 7.40. The van der Waals surface area contributed by atoms with Gasteiger partial charge in [0, 0.05) is 23.9 Å². The van der Waals surface area contributed by atoms with Crippen LogP contribution in [0.5, 0.6) is 0 Å². The molecule has 0 aliphatic carbocycles. The zero-order valence-electron chi connectivity index (χ0n) is 8.35. The normalized spacial score (nSPS) is 10.9. The molecule has 0 fully saturated rings. The number of nitrogens with one attached hydrogen (secondary N) is 1. The molecule has 1 heterocycles. The Morgan fingerprint density at radius 3 is 2.80 bits per heavy atom. The number of aromatic amines is 1. The fraction of sp³-hybridized carbons (Fsp3) is 0.0833. The maximum Gasteiger partial charge on any atom is 0.137 e. The molecular weight excluding hydrogens is 186 g/mol. The molecule has 0 saturated heterocycles. The van der Waals surface area contributed by atoms with Crippen LogP contribution < -0.4 is 5.73 Å². The van der Waals surface area contributed by atoms with Gasteiger partial charge in [-0.25, -0.2) is 4.98 Å². The Morgan fingerprint density at radius 2 is 2.07 bits per heavy atom. The summed E-state index contributed by atoms with van der Waals surface area (Å²) in [4.78, 5) is 7.56. The molecule has 3 heteroatoms. The van der Waals surface area contributed by atoms with E-state index >= 15 is 0 Å². The molecule has 1 aromatic carbocycles. The average molecular weight is 199 g/mol. The lowest BCUT2D eigenvalue weighted by Crippen LogP contribution is -1.84. The predicted octanol–water partition coefficient (Wildman–Crippen LogP) is 2.09. The molecule has 0 radical (unpaired) electrons. The average Bonchev–Trinajstić information content (AvgIpc) is 2.76. The van der Waals surface area contributed by atoms with E-state index < -0.39 is 0 Å². The highest BCUT2D eigenvalue weighted by Crippen LogP contribution is 2.14. The molecule has 15 heavy (non-hydrogen) atoms. The topological polar surface area (TPSA) is 54.7 Å². The van der Waals surface area contributed by atoms with Gasteiger partial charge in [-0.3, -0.25) is 0 Å². The summed E-state index contributed by atoms with van der Waals surface area (Å²) < 4.78 is 0. The SMILES string of the molecule is NC=CCc1cnc(-c2ccccc2)[nH]1. The maximum atomic E-state index is 5.28. The van der Waals surface area contributed by atoms with Crippen molar-refractivity contribution in [3.63, 3.8) is 0 Å². The van der Waals surface area contributed by atoms with Crippen molar-refractivity contribution < 1.29 is 0 Å². The van der Waals surface area contributed by atoms with Crippen molar-refractivity contribution in [1.82, 2.24) is 9.97 Å². The van der Waals surface area contributed by atoms with E-state index in [2.05, 4.69) is 9.97 Å². The number of allylic oxidation sites excluding steroid dienone is 1. The van der Waals surface area contributed by atoms with Crippen molar-refractivity contribution in [1.29, 1.82) is 0 Å². The second-order valence-corrected chi connectivity index (χ2v) is 3.26. The van der Waals surface area contributed by atoms with Gasteiger partial charge in [0.1, 0.15) is 5.82 Å². The van der Waals surface area contributed by atoms with Gasteiger partial charge >= 0.3 is 0 Å². The van der Waals surface area contributed by atoms with Crippen molar-refractivity contribution in [2.45, 2.75) is 6.42 Å². The lowest BCUT2D eigenvalue weighted by Gasteiger charge is -1.94. The highest BCUT2D eigenvalue weighted by molar-refractivity contribution is 5.54. The van der Waals surface area contributed by atoms with Crippen LogP contribution in [0, 0.1) is 0 Å². The van der Waals surface area contributed by atoms with E-state index in [1.165, 1.54) is 0 Å². The third kappa shape index (κ3) is 2.26. The van der Waals surface area contributed by atoms with Crippen LogP contribution in [-0.2, 0) is 6.42 Å². The van der Waals surface area contributed by atoms with Crippen molar-refractivity contribution in [2.75, 3.05) is 0 Å². The van der Waals surface area contributed by atoms with Crippen LogP contribution in [0.4, 0.5) is 0 Å². The van der Waals surface area contributed by atoms with Gasteiger partial charge in [-0.2, -0.15) is 0 Å². The maximum absolute atomic E-state index is 5.28. The van der Waals surface area contributed by atoms with Gasteiger partial charge in [-0.05, 0) is 6.20 Å². The minimum Gasteiger partial charge on any atom is -0.405 e. The molecule has 0 unspecified atom stereocenters. The number of nitrogens with two attached hydrogens (primary N) is 1. The van der Waals surface area contributed by atoms with E-state index in [0.717, 1.165) is 23.5 Å². The quantitative estimate of drug-likeness (QED) is 0.795. The third-order valence-electron chi connectivity index (χ3n) is 2.15. The highest BCUT2D eigenvalue weighted by Gasteiger charge is 2.00. The summed E-state index contributed by atoms with van der Waals surface area (Å²) in [7, 11) is 0. The molecule has 0 bridgehead atoms. The van der Waals surface area contributed by atoms with Crippen molar-refractivity contribution >= 4 is 0 Å². The summed E-state index contributed by atoms with van der Waals surface area (Å²) in [6, 6.07) is 10.0. The highest BCUT2D eigenvalue weighted by atomic mass is 14.9. The van der Waals surface area contributed by atoms with E-state index in [0.29, 0.717) is 0 Å². The Bertz CT molecular complexity index is 443. The lowest BCUT2D eigenvalue weighted by atomic mass is 10.2.